The van der Waals surface area contributed by atoms with Gasteiger partial charge in [-0.05, 0) is 49.7 Å². The van der Waals surface area contributed by atoms with Crippen molar-refractivity contribution in [2.75, 3.05) is 18.6 Å². The van der Waals surface area contributed by atoms with E-state index in [1.165, 1.54) is 0 Å². The second kappa shape index (κ2) is 7.17. The van der Waals surface area contributed by atoms with Crippen molar-refractivity contribution < 1.29 is 13.9 Å². The van der Waals surface area contributed by atoms with Crippen molar-refractivity contribution in [3.8, 4) is 17.2 Å². The van der Waals surface area contributed by atoms with E-state index in [2.05, 4.69) is 10.2 Å². The number of aromatic nitrogens is 2. The normalized spacial score (nSPS) is 10.5. The Morgan fingerprint density at radius 2 is 1.96 bits per heavy atom. The quantitative estimate of drug-likeness (QED) is 0.710. The summed E-state index contributed by atoms with van der Waals surface area (Å²) < 4.78 is 10.8. The van der Waals surface area contributed by atoms with Gasteiger partial charge in [0, 0.05) is 17.8 Å². The fourth-order valence-electron chi connectivity index (χ4n) is 2.54. The molecule has 0 saturated heterocycles. The van der Waals surface area contributed by atoms with E-state index in [-0.39, 0.29) is 17.7 Å². The Bertz CT molecular complexity index is 889. The molecule has 1 aromatic heterocycles. The molecule has 25 heavy (non-hydrogen) atoms. The molecule has 3 aromatic rings. The van der Waals surface area contributed by atoms with Crippen LogP contribution in [0, 0.1) is 6.92 Å². The Kier molecular flexibility index (Phi) is 4.79. The number of amides is 1. The number of rotatable bonds is 5. The summed E-state index contributed by atoms with van der Waals surface area (Å²) in [6.45, 7) is 4.38. The van der Waals surface area contributed by atoms with Gasteiger partial charge in [-0.3, -0.25) is 4.79 Å². The molecule has 0 aliphatic carbocycles. The van der Waals surface area contributed by atoms with Crippen LogP contribution in [0.3, 0.4) is 0 Å². The molecule has 0 fully saturated rings. The fourth-order valence-corrected chi connectivity index (χ4v) is 2.54. The highest BCUT2D eigenvalue weighted by Crippen LogP contribution is 2.24. The lowest BCUT2D eigenvalue weighted by atomic mass is 10.2. The molecule has 6 heteroatoms. The molecule has 1 amide bonds. The van der Waals surface area contributed by atoms with Gasteiger partial charge in [-0.2, -0.15) is 0 Å². The van der Waals surface area contributed by atoms with Crippen molar-refractivity contribution >= 4 is 11.6 Å². The summed E-state index contributed by atoms with van der Waals surface area (Å²) in [7, 11) is 1.59. The number of hydrogen-bond donors (Lipinski definition) is 0. The molecule has 128 valence electrons. The highest BCUT2D eigenvalue weighted by atomic mass is 16.5. The second-order valence-electron chi connectivity index (χ2n) is 5.53. The van der Waals surface area contributed by atoms with Crippen LogP contribution in [-0.2, 0) is 0 Å². The molecule has 0 aliphatic rings. The summed E-state index contributed by atoms with van der Waals surface area (Å²) in [5.41, 5.74) is 2.57. The van der Waals surface area contributed by atoms with E-state index >= 15 is 0 Å². The zero-order valence-electron chi connectivity index (χ0n) is 14.4. The molecule has 0 bridgehead atoms. The Balaban J connectivity index is 1.88. The van der Waals surface area contributed by atoms with E-state index in [4.69, 9.17) is 9.15 Å². The van der Waals surface area contributed by atoms with Crippen LogP contribution in [0.5, 0.6) is 5.75 Å². The molecule has 2 aromatic carbocycles. The molecule has 0 spiro atoms. The topological polar surface area (TPSA) is 68.5 Å². The van der Waals surface area contributed by atoms with Gasteiger partial charge >= 0.3 is 11.8 Å². The molecule has 0 N–H and O–H groups in total. The van der Waals surface area contributed by atoms with Crippen molar-refractivity contribution in [1.29, 1.82) is 0 Å². The molecule has 0 saturated carbocycles. The van der Waals surface area contributed by atoms with E-state index < -0.39 is 0 Å². The van der Waals surface area contributed by atoms with Crippen molar-refractivity contribution in [3.05, 3.63) is 60.0 Å². The van der Waals surface area contributed by atoms with Gasteiger partial charge in [-0.15, -0.1) is 10.2 Å². The average molecular weight is 337 g/mol. The van der Waals surface area contributed by atoms with Gasteiger partial charge in [0.25, 0.3) is 0 Å². The van der Waals surface area contributed by atoms with Crippen LogP contribution in [0.25, 0.3) is 11.5 Å². The lowest BCUT2D eigenvalue weighted by Gasteiger charge is -2.19. The minimum atomic E-state index is -0.324. The summed E-state index contributed by atoms with van der Waals surface area (Å²) >= 11 is 0. The molecule has 0 radical (unpaired) electrons. The SMILES string of the molecule is CCN(C(=O)c1nnc(-c2cccc(OC)c2)o1)c1cccc(C)c1. The summed E-state index contributed by atoms with van der Waals surface area (Å²) in [6.07, 6.45) is 0. The Labute approximate surface area is 146 Å². The zero-order valence-corrected chi connectivity index (χ0v) is 14.4. The van der Waals surface area contributed by atoms with Crippen LogP contribution in [-0.4, -0.2) is 29.8 Å². The maximum Gasteiger partial charge on any atom is 0.315 e. The monoisotopic (exact) mass is 337 g/mol. The van der Waals surface area contributed by atoms with Crippen LogP contribution < -0.4 is 9.64 Å². The lowest BCUT2D eigenvalue weighted by Crippen LogP contribution is -2.30. The number of carbonyl (C=O) groups is 1. The van der Waals surface area contributed by atoms with Crippen LogP contribution in [0.1, 0.15) is 23.2 Å². The molecule has 1 heterocycles. The van der Waals surface area contributed by atoms with Gasteiger partial charge in [0.2, 0.25) is 5.89 Å². The first-order valence-corrected chi connectivity index (χ1v) is 7.99. The molecule has 0 atom stereocenters. The summed E-state index contributed by atoms with van der Waals surface area (Å²) in [6, 6.07) is 15.0. The fraction of sp³-hybridized carbons (Fsp3) is 0.211. The van der Waals surface area contributed by atoms with Crippen LogP contribution in [0.4, 0.5) is 5.69 Å². The van der Waals surface area contributed by atoms with E-state index in [0.717, 1.165) is 11.3 Å². The number of aryl methyl sites for hydroxylation is 1. The molecule has 6 nitrogen and oxygen atoms in total. The molecule has 3 rings (SSSR count). The maximum absolute atomic E-state index is 12.8. The highest BCUT2D eigenvalue weighted by molar-refractivity contribution is 6.03. The minimum absolute atomic E-state index is 0.0406. The predicted octanol–water partition coefficient (Wildman–Crippen LogP) is 3.72. The molecular formula is C19H19N3O3. The number of carbonyl (C=O) groups excluding carboxylic acids is 1. The predicted molar refractivity (Wildman–Crippen MR) is 94.8 cm³/mol. The van der Waals surface area contributed by atoms with Crippen LogP contribution in [0.2, 0.25) is 0 Å². The van der Waals surface area contributed by atoms with Crippen molar-refractivity contribution in [2.45, 2.75) is 13.8 Å². The van der Waals surface area contributed by atoms with Gasteiger partial charge < -0.3 is 14.1 Å². The second-order valence-corrected chi connectivity index (χ2v) is 5.53. The summed E-state index contributed by atoms with van der Waals surface area (Å²) in [5, 5.41) is 7.91. The first-order chi connectivity index (χ1) is 12.1. The number of hydrogen-bond acceptors (Lipinski definition) is 5. The molecule has 0 aliphatic heterocycles. The maximum atomic E-state index is 12.8. The van der Waals surface area contributed by atoms with Crippen molar-refractivity contribution in [1.82, 2.24) is 10.2 Å². The summed E-state index contributed by atoms with van der Waals surface area (Å²) in [4.78, 5) is 14.4. The van der Waals surface area contributed by atoms with Gasteiger partial charge in [-0.25, -0.2) is 0 Å². The molecule has 0 unspecified atom stereocenters. The largest absolute Gasteiger partial charge is 0.497 e. The van der Waals surface area contributed by atoms with Crippen molar-refractivity contribution in [3.63, 3.8) is 0 Å². The molecular weight excluding hydrogens is 318 g/mol. The smallest absolute Gasteiger partial charge is 0.315 e. The van der Waals surface area contributed by atoms with Crippen LogP contribution in [0.15, 0.2) is 52.9 Å². The third-order valence-electron chi connectivity index (χ3n) is 3.80. The minimum Gasteiger partial charge on any atom is -0.497 e. The summed E-state index contributed by atoms with van der Waals surface area (Å²) in [5.74, 6) is 0.594. The van der Waals surface area contributed by atoms with E-state index in [0.29, 0.717) is 17.9 Å². The van der Waals surface area contributed by atoms with E-state index in [9.17, 15) is 4.79 Å². The van der Waals surface area contributed by atoms with Gasteiger partial charge in [-0.1, -0.05) is 18.2 Å². The van der Waals surface area contributed by atoms with Crippen LogP contribution >= 0.6 is 0 Å². The number of methoxy groups -OCH3 is 1. The third kappa shape index (κ3) is 3.52. The first-order valence-electron chi connectivity index (χ1n) is 7.99. The van der Waals surface area contributed by atoms with Gasteiger partial charge in [0.05, 0.1) is 7.11 Å². The van der Waals surface area contributed by atoms with E-state index in [1.807, 2.05) is 56.3 Å². The number of anilines is 1. The first kappa shape index (κ1) is 16.7. The van der Waals surface area contributed by atoms with Gasteiger partial charge in [0.1, 0.15) is 5.75 Å². The number of nitrogens with zero attached hydrogens (tertiary/aromatic N) is 3. The van der Waals surface area contributed by atoms with Gasteiger partial charge in [0.15, 0.2) is 0 Å². The standard InChI is InChI=1S/C19H19N3O3/c1-4-22(15-9-5-7-13(2)11-15)19(23)18-21-20-17(25-18)14-8-6-10-16(12-14)24-3/h5-12H,4H2,1-3H3. The Morgan fingerprint density at radius 3 is 2.68 bits per heavy atom. The van der Waals surface area contributed by atoms with Crippen molar-refractivity contribution in [2.24, 2.45) is 0 Å². The number of benzene rings is 2. The number of ether oxygens (including phenoxy) is 1. The Hall–Kier alpha value is -3.15. The lowest BCUT2D eigenvalue weighted by molar-refractivity contribution is 0.0955. The highest BCUT2D eigenvalue weighted by Gasteiger charge is 2.23. The zero-order chi connectivity index (χ0) is 17.8. The average Bonchev–Trinajstić information content (AvgIpc) is 3.12. The third-order valence-corrected chi connectivity index (χ3v) is 3.80. The Morgan fingerprint density at radius 1 is 1.16 bits per heavy atom. The van der Waals surface area contributed by atoms with E-state index in [1.54, 1.807) is 18.1 Å².